The van der Waals surface area contributed by atoms with Gasteiger partial charge in [-0.25, -0.2) is 4.98 Å². The number of carbonyl (C=O) groups is 1. The molecule has 25 heavy (non-hydrogen) atoms. The number of aromatic nitrogens is 1. The molecule has 0 fully saturated rings. The molecule has 6 heteroatoms. The predicted molar refractivity (Wildman–Crippen MR) is 99.8 cm³/mol. The summed E-state index contributed by atoms with van der Waals surface area (Å²) >= 11 is 6.00. The highest BCUT2D eigenvalue weighted by Gasteiger charge is 2.14. The van der Waals surface area contributed by atoms with E-state index in [1.807, 2.05) is 49.1 Å². The van der Waals surface area contributed by atoms with Crippen LogP contribution in [0, 0.1) is 6.92 Å². The number of hydrogen-bond donors (Lipinski definition) is 1. The van der Waals surface area contributed by atoms with Crippen molar-refractivity contribution in [1.82, 2.24) is 9.88 Å². The van der Waals surface area contributed by atoms with Crippen molar-refractivity contribution < 1.29 is 9.21 Å². The van der Waals surface area contributed by atoms with E-state index in [0.29, 0.717) is 24.0 Å². The molecule has 0 bridgehead atoms. The first kappa shape index (κ1) is 17.5. The van der Waals surface area contributed by atoms with Crippen LogP contribution in [-0.4, -0.2) is 28.9 Å². The summed E-state index contributed by atoms with van der Waals surface area (Å²) in [6.07, 6.45) is 0. The molecule has 0 saturated carbocycles. The molecule has 0 aliphatic carbocycles. The van der Waals surface area contributed by atoms with Gasteiger partial charge in [0, 0.05) is 10.7 Å². The SMILES string of the molecule is CCN(CC(=O)Nc1cc(Cl)ccc1C)Cc1nc2ccccc2o1. The Morgan fingerprint density at radius 2 is 2.08 bits per heavy atom. The first-order valence-electron chi connectivity index (χ1n) is 8.18. The molecule has 2 aromatic carbocycles. The lowest BCUT2D eigenvalue weighted by Gasteiger charge is -2.18. The van der Waals surface area contributed by atoms with E-state index in [2.05, 4.69) is 10.3 Å². The summed E-state index contributed by atoms with van der Waals surface area (Å²) in [6, 6.07) is 13.1. The number of para-hydroxylation sites is 2. The van der Waals surface area contributed by atoms with Crippen molar-refractivity contribution in [2.75, 3.05) is 18.4 Å². The topological polar surface area (TPSA) is 58.4 Å². The van der Waals surface area contributed by atoms with Gasteiger partial charge in [0.25, 0.3) is 0 Å². The van der Waals surface area contributed by atoms with Gasteiger partial charge in [0.1, 0.15) is 5.52 Å². The zero-order valence-corrected chi connectivity index (χ0v) is 15.0. The van der Waals surface area contributed by atoms with Crippen LogP contribution in [0.5, 0.6) is 0 Å². The lowest BCUT2D eigenvalue weighted by molar-refractivity contribution is -0.117. The number of aryl methyl sites for hydroxylation is 1. The fourth-order valence-corrected chi connectivity index (χ4v) is 2.75. The van der Waals surface area contributed by atoms with E-state index >= 15 is 0 Å². The van der Waals surface area contributed by atoms with Gasteiger partial charge in [-0.3, -0.25) is 9.69 Å². The minimum absolute atomic E-state index is 0.0941. The van der Waals surface area contributed by atoms with Crippen LogP contribution < -0.4 is 5.32 Å². The average Bonchev–Trinajstić information content (AvgIpc) is 2.99. The number of likely N-dealkylation sites (N-methyl/N-ethyl adjacent to an activating group) is 1. The predicted octanol–water partition coefficient (Wildman–Crippen LogP) is 4.25. The van der Waals surface area contributed by atoms with Crippen molar-refractivity contribution in [3.8, 4) is 0 Å². The van der Waals surface area contributed by atoms with Crippen molar-refractivity contribution in [2.45, 2.75) is 20.4 Å². The second kappa shape index (κ2) is 7.68. The molecule has 3 aromatic rings. The summed E-state index contributed by atoms with van der Waals surface area (Å²) in [5.41, 5.74) is 3.29. The van der Waals surface area contributed by atoms with Gasteiger partial charge in [0.2, 0.25) is 11.8 Å². The summed E-state index contributed by atoms with van der Waals surface area (Å²) in [4.78, 5) is 18.8. The number of hydrogen-bond acceptors (Lipinski definition) is 4. The zero-order chi connectivity index (χ0) is 17.8. The van der Waals surface area contributed by atoms with Gasteiger partial charge in [-0.05, 0) is 43.3 Å². The molecule has 0 radical (unpaired) electrons. The molecule has 1 N–H and O–H groups in total. The van der Waals surface area contributed by atoms with Gasteiger partial charge >= 0.3 is 0 Å². The molecule has 130 valence electrons. The van der Waals surface area contributed by atoms with Crippen LogP contribution in [0.3, 0.4) is 0 Å². The third-order valence-electron chi connectivity index (χ3n) is 3.99. The second-order valence-electron chi connectivity index (χ2n) is 5.89. The highest BCUT2D eigenvalue weighted by molar-refractivity contribution is 6.31. The fraction of sp³-hybridized carbons (Fsp3) is 0.263. The summed E-state index contributed by atoms with van der Waals surface area (Å²) in [5, 5.41) is 3.51. The van der Waals surface area contributed by atoms with Gasteiger partial charge in [-0.15, -0.1) is 0 Å². The molecule has 0 unspecified atom stereocenters. The van der Waals surface area contributed by atoms with E-state index in [0.717, 1.165) is 22.4 Å². The normalized spacial score (nSPS) is 11.2. The van der Waals surface area contributed by atoms with E-state index in [-0.39, 0.29) is 12.5 Å². The van der Waals surface area contributed by atoms with Gasteiger partial charge in [-0.2, -0.15) is 0 Å². The van der Waals surface area contributed by atoms with E-state index < -0.39 is 0 Å². The first-order chi connectivity index (χ1) is 12.0. The number of oxazole rings is 1. The van der Waals surface area contributed by atoms with Gasteiger partial charge in [0.15, 0.2) is 5.58 Å². The standard InChI is InChI=1S/C19H20ClN3O2/c1-3-23(12-19-22-15-6-4-5-7-17(15)25-19)11-18(24)21-16-10-14(20)9-8-13(16)2/h4-10H,3,11-12H2,1-2H3,(H,21,24). The molecule has 1 heterocycles. The van der Waals surface area contributed by atoms with E-state index in [1.165, 1.54) is 0 Å². The minimum atomic E-state index is -0.0941. The second-order valence-corrected chi connectivity index (χ2v) is 6.32. The van der Waals surface area contributed by atoms with Crippen LogP contribution >= 0.6 is 11.6 Å². The monoisotopic (exact) mass is 357 g/mol. The van der Waals surface area contributed by atoms with Crippen molar-refractivity contribution in [2.24, 2.45) is 0 Å². The van der Waals surface area contributed by atoms with Gasteiger partial charge in [0.05, 0.1) is 13.1 Å². The maximum Gasteiger partial charge on any atom is 0.238 e. The zero-order valence-electron chi connectivity index (χ0n) is 14.3. The number of halogens is 1. The highest BCUT2D eigenvalue weighted by atomic mass is 35.5. The number of anilines is 1. The van der Waals surface area contributed by atoms with Crippen molar-refractivity contribution in [3.05, 3.63) is 58.9 Å². The Bertz CT molecular complexity index is 858. The molecular formula is C19H20ClN3O2. The highest BCUT2D eigenvalue weighted by Crippen LogP contribution is 2.20. The van der Waals surface area contributed by atoms with E-state index in [4.69, 9.17) is 16.0 Å². The maximum atomic E-state index is 12.4. The lowest BCUT2D eigenvalue weighted by Crippen LogP contribution is -2.33. The Labute approximate surface area is 151 Å². The number of nitrogens with one attached hydrogen (secondary N) is 1. The van der Waals surface area contributed by atoms with Crippen LogP contribution in [0.15, 0.2) is 46.9 Å². The molecule has 0 aliphatic rings. The third kappa shape index (κ3) is 4.38. The minimum Gasteiger partial charge on any atom is -0.439 e. The maximum absolute atomic E-state index is 12.4. The Morgan fingerprint density at radius 1 is 1.28 bits per heavy atom. The fourth-order valence-electron chi connectivity index (χ4n) is 2.58. The molecular weight excluding hydrogens is 338 g/mol. The largest absolute Gasteiger partial charge is 0.439 e. The summed E-state index contributed by atoms with van der Waals surface area (Å²) < 4.78 is 5.73. The number of amides is 1. The lowest BCUT2D eigenvalue weighted by atomic mass is 10.2. The Morgan fingerprint density at radius 3 is 2.84 bits per heavy atom. The Kier molecular flexibility index (Phi) is 5.36. The first-order valence-corrected chi connectivity index (χ1v) is 8.55. The number of fused-ring (bicyclic) bond motifs is 1. The van der Waals surface area contributed by atoms with Crippen LogP contribution in [0.2, 0.25) is 5.02 Å². The van der Waals surface area contributed by atoms with Crippen LogP contribution in [-0.2, 0) is 11.3 Å². The van der Waals surface area contributed by atoms with Crippen LogP contribution in [0.1, 0.15) is 18.4 Å². The third-order valence-corrected chi connectivity index (χ3v) is 4.22. The molecule has 3 rings (SSSR count). The van der Waals surface area contributed by atoms with E-state index in [9.17, 15) is 4.79 Å². The van der Waals surface area contributed by atoms with Crippen LogP contribution in [0.25, 0.3) is 11.1 Å². The number of benzene rings is 2. The van der Waals surface area contributed by atoms with Gasteiger partial charge < -0.3 is 9.73 Å². The van der Waals surface area contributed by atoms with E-state index in [1.54, 1.807) is 12.1 Å². The number of rotatable bonds is 6. The van der Waals surface area contributed by atoms with Crippen LogP contribution in [0.4, 0.5) is 5.69 Å². The average molecular weight is 358 g/mol. The quantitative estimate of drug-likeness (QED) is 0.716. The van der Waals surface area contributed by atoms with Crippen molar-refractivity contribution in [1.29, 1.82) is 0 Å². The smallest absolute Gasteiger partial charge is 0.238 e. The Balaban J connectivity index is 1.65. The number of carbonyl (C=O) groups excluding carboxylic acids is 1. The summed E-state index contributed by atoms with van der Waals surface area (Å²) in [6.45, 7) is 5.37. The molecule has 0 spiro atoms. The van der Waals surface area contributed by atoms with Crippen molar-refractivity contribution in [3.63, 3.8) is 0 Å². The molecule has 1 aromatic heterocycles. The molecule has 0 saturated heterocycles. The summed E-state index contributed by atoms with van der Waals surface area (Å²) in [7, 11) is 0. The van der Waals surface area contributed by atoms with Gasteiger partial charge in [-0.1, -0.05) is 36.7 Å². The number of nitrogens with zero attached hydrogens (tertiary/aromatic N) is 2. The molecule has 5 nitrogen and oxygen atoms in total. The molecule has 1 amide bonds. The molecule has 0 atom stereocenters. The summed E-state index contributed by atoms with van der Waals surface area (Å²) in [5.74, 6) is 0.512. The Hall–Kier alpha value is -2.37. The molecule has 0 aliphatic heterocycles. The van der Waals surface area contributed by atoms with Crippen molar-refractivity contribution >= 4 is 34.3 Å².